The van der Waals surface area contributed by atoms with Gasteiger partial charge in [-0.2, -0.15) is 0 Å². The zero-order valence-electron chi connectivity index (χ0n) is 13.8. The molecule has 2 atom stereocenters. The topological polar surface area (TPSA) is 77.2 Å². The van der Waals surface area contributed by atoms with Gasteiger partial charge in [0.15, 0.2) is 0 Å². The molecule has 23 heavy (non-hydrogen) atoms. The van der Waals surface area contributed by atoms with Crippen LogP contribution in [0.15, 0.2) is 5.38 Å². The van der Waals surface area contributed by atoms with Crippen molar-refractivity contribution in [1.82, 2.24) is 10.3 Å². The van der Waals surface area contributed by atoms with Crippen LogP contribution in [0.4, 0.5) is 0 Å². The van der Waals surface area contributed by atoms with Crippen LogP contribution in [0, 0.1) is 0 Å². The van der Waals surface area contributed by atoms with Crippen LogP contribution >= 0.6 is 36.2 Å². The van der Waals surface area contributed by atoms with E-state index in [1.165, 1.54) is 0 Å². The normalized spacial score (nSPS) is 20.5. The van der Waals surface area contributed by atoms with Crippen LogP contribution < -0.4 is 11.1 Å². The largest absolute Gasteiger partial charge is 0.364 e. The molecule has 0 bridgehead atoms. The van der Waals surface area contributed by atoms with Crippen LogP contribution in [0.1, 0.15) is 44.3 Å². The summed E-state index contributed by atoms with van der Waals surface area (Å²) < 4.78 is 5.57. The highest BCUT2D eigenvalue weighted by molar-refractivity contribution is 7.09. The lowest BCUT2D eigenvalue weighted by Crippen LogP contribution is -2.36. The Morgan fingerprint density at radius 1 is 1.43 bits per heavy atom. The Labute approximate surface area is 154 Å². The van der Waals surface area contributed by atoms with Crippen LogP contribution in [0.25, 0.3) is 0 Å². The van der Waals surface area contributed by atoms with Gasteiger partial charge in [-0.15, -0.1) is 36.2 Å². The average molecular weight is 384 g/mol. The fraction of sp³-hybridized carbons (Fsp3) is 0.733. The molecule has 134 valence electrons. The van der Waals surface area contributed by atoms with Crippen molar-refractivity contribution < 1.29 is 9.53 Å². The van der Waals surface area contributed by atoms with E-state index in [2.05, 4.69) is 36.5 Å². The average Bonchev–Trinajstić information content (AvgIpc) is 3.06. The molecule has 1 fully saturated rings. The first-order valence-electron chi connectivity index (χ1n) is 7.48. The number of aromatic nitrogens is 1. The van der Waals surface area contributed by atoms with E-state index in [0.29, 0.717) is 13.1 Å². The Morgan fingerprint density at radius 2 is 2.13 bits per heavy atom. The Bertz CT molecular complexity index is 491. The number of carbonyl (C=O) groups excluding carboxylic acids is 1. The van der Waals surface area contributed by atoms with Crippen LogP contribution in [-0.4, -0.2) is 36.2 Å². The third-order valence-corrected chi connectivity index (χ3v) is 4.53. The van der Waals surface area contributed by atoms with E-state index < -0.39 is 0 Å². The van der Waals surface area contributed by atoms with Gasteiger partial charge >= 0.3 is 0 Å². The summed E-state index contributed by atoms with van der Waals surface area (Å²) in [5.41, 5.74) is 6.73. The first kappa shape index (κ1) is 22.6. The van der Waals surface area contributed by atoms with E-state index in [4.69, 9.17) is 10.5 Å². The van der Waals surface area contributed by atoms with E-state index in [0.717, 1.165) is 30.0 Å². The van der Waals surface area contributed by atoms with Gasteiger partial charge in [-0.1, -0.05) is 20.8 Å². The van der Waals surface area contributed by atoms with Crippen molar-refractivity contribution in [2.45, 2.75) is 57.7 Å². The Hall–Kier alpha value is -0.400. The molecule has 1 amide bonds. The molecule has 2 rings (SSSR count). The molecular formula is C15H27Cl2N3O2S. The predicted octanol–water partition coefficient (Wildman–Crippen LogP) is 2.45. The molecule has 0 radical (unpaired) electrons. The van der Waals surface area contributed by atoms with Crippen LogP contribution in [0.3, 0.4) is 0 Å². The molecule has 2 heterocycles. The second-order valence-corrected chi connectivity index (χ2v) is 7.42. The van der Waals surface area contributed by atoms with Crippen LogP contribution in [-0.2, 0) is 21.4 Å². The highest BCUT2D eigenvalue weighted by atomic mass is 35.5. The molecular weight excluding hydrogens is 357 g/mol. The maximum absolute atomic E-state index is 12.0. The molecule has 1 aliphatic rings. The van der Waals surface area contributed by atoms with E-state index in [1.807, 2.05) is 0 Å². The Balaban J connectivity index is 0.00000242. The lowest BCUT2D eigenvalue weighted by molar-refractivity contribution is -0.131. The lowest BCUT2D eigenvalue weighted by Gasteiger charge is -2.14. The zero-order valence-corrected chi connectivity index (χ0v) is 16.3. The van der Waals surface area contributed by atoms with Gasteiger partial charge in [-0.3, -0.25) is 4.79 Å². The third-order valence-electron chi connectivity index (χ3n) is 3.62. The van der Waals surface area contributed by atoms with Gasteiger partial charge < -0.3 is 15.8 Å². The molecule has 8 heteroatoms. The van der Waals surface area contributed by atoms with E-state index in [1.54, 1.807) is 11.3 Å². The minimum atomic E-state index is -0.333. The first-order chi connectivity index (χ1) is 9.90. The maximum atomic E-state index is 12.0. The number of rotatable bonds is 5. The van der Waals surface area contributed by atoms with Gasteiger partial charge in [0, 0.05) is 30.3 Å². The second-order valence-electron chi connectivity index (χ2n) is 6.48. The molecule has 0 aliphatic carbocycles. The van der Waals surface area contributed by atoms with Crippen molar-refractivity contribution >= 4 is 42.1 Å². The molecule has 3 N–H and O–H groups in total. The fourth-order valence-corrected chi connectivity index (χ4v) is 3.27. The first-order valence-corrected chi connectivity index (χ1v) is 8.36. The number of halogens is 2. The molecule has 0 saturated carbocycles. The molecule has 0 unspecified atom stereocenters. The summed E-state index contributed by atoms with van der Waals surface area (Å²) in [7, 11) is 0. The van der Waals surface area contributed by atoms with Crippen LogP contribution in [0.2, 0.25) is 0 Å². The van der Waals surface area contributed by atoms with E-state index in [9.17, 15) is 4.79 Å². The van der Waals surface area contributed by atoms with Crippen molar-refractivity contribution in [2.24, 2.45) is 5.73 Å². The summed E-state index contributed by atoms with van der Waals surface area (Å²) in [6, 6.07) is 0. The van der Waals surface area contributed by atoms with Crippen molar-refractivity contribution in [3.05, 3.63) is 16.1 Å². The number of nitrogens with one attached hydrogen (secondary N) is 1. The molecule has 1 saturated heterocycles. The minimum Gasteiger partial charge on any atom is -0.364 e. The van der Waals surface area contributed by atoms with Crippen LogP contribution in [0.5, 0.6) is 0 Å². The Kier molecular flexibility index (Phi) is 9.62. The monoisotopic (exact) mass is 383 g/mol. The maximum Gasteiger partial charge on any atom is 0.249 e. The van der Waals surface area contributed by atoms with Crippen molar-refractivity contribution in [3.8, 4) is 0 Å². The van der Waals surface area contributed by atoms with Gasteiger partial charge in [0.05, 0.1) is 16.8 Å². The van der Waals surface area contributed by atoms with E-state index >= 15 is 0 Å². The lowest BCUT2D eigenvalue weighted by atomic mass is 9.93. The summed E-state index contributed by atoms with van der Waals surface area (Å²) in [5, 5.41) is 6.09. The molecule has 1 aromatic heterocycles. The highest BCUT2D eigenvalue weighted by Gasteiger charge is 2.29. The number of amides is 1. The van der Waals surface area contributed by atoms with Gasteiger partial charge in [-0.25, -0.2) is 4.98 Å². The quantitative estimate of drug-likeness (QED) is 0.818. The minimum absolute atomic E-state index is 0. The van der Waals surface area contributed by atoms with Crippen molar-refractivity contribution in [3.63, 3.8) is 0 Å². The number of hydrogen-bond acceptors (Lipinski definition) is 5. The standard InChI is InChI=1S/C15H25N3O2S.2ClH/c1-15(2,3)12-9-21-13(18-12)6-7-17-14(19)11-5-4-10(8-16)20-11;;/h9-11H,4-8,16H2,1-3H3,(H,17,19);2*1H/t10-,11+;;/m1../s1. The zero-order chi connectivity index (χ0) is 15.5. The number of carbonyl (C=O) groups is 1. The third kappa shape index (κ3) is 6.55. The number of nitrogens with zero attached hydrogens (tertiary/aromatic N) is 1. The number of ether oxygens (including phenoxy) is 1. The number of nitrogens with two attached hydrogens (primary N) is 1. The molecule has 5 nitrogen and oxygen atoms in total. The number of thiazole rings is 1. The fourth-order valence-electron chi connectivity index (χ4n) is 2.25. The van der Waals surface area contributed by atoms with Gasteiger partial charge in [0.2, 0.25) is 5.91 Å². The molecule has 1 aliphatic heterocycles. The highest BCUT2D eigenvalue weighted by Crippen LogP contribution is 2.24. The summed E-state index contributed by atoms with van der Waals surface area (Å²) in [6.45, 7) is 7.54. The summed E-state index contributed by atoms with van der Waals surface area (Å²) in [5.74, 6) is -0.0291. The molecule has 0 spiro atoms. The summed E-state index contributed by atoms with van der Waals surface area (Å²) in [6.07, 6.45) is 2.10. The smallest absolute Gasteiger partial charge is 0.249 e. The predicted molar refractivity (Wildman–Crippen MR) is 99.0 cm³/mol. The Morgan fingerprint density at radius 3 is 2.65 bits per heavy atom. The van der Waals surface area contributed by atoms with Crippen molar-refractivity contribution in [2.75, 3.05) is 13.1 Å². The molecule has 1 aromatic rings. The van der Waals surface area contributed by atoms with Crippen molar-refractivity contribution in [1.29, 1.82) is 0 Å². The number of hydrogen-bond donors (Lipinski definition) is 2. The van der Waals surface area contributed by atoms with Gasteiger partial charge in [0.25, 0.3) is 0 Å². The second kappa shape index (κ2) is 9.79. The van der Waals surface area contributed by atoms with Gasteiger partial charge in [0.1, 0.15) is 6.10 Å². The van der Waals surface area contributed by atoms with Gasteiger partial charge in [-0.05, 0) is 12.8 Å². The summed E-state index contributed by atoms with van der Waals surface area (Å²) >= 11 is 1.65. The van der Waals surface area contributed by atoms with E-state index in [-0.39, 0.29) is 48.3 Å². The summed E-state index contributed by atoms with van der Waals surface area (Å²) in [4.78, 5) is 16.6. The SMILES string of the molecule is CC(C)(C)c1csc(CCNC(=O)[C@@H]2CC[C@H](CN)O2)n1.Cl.Cl. The molecule has 0 aromatic carbocycles.